The van der Waals surface area contributed by atoms with E-state index in [1.54, 1.807) is 0 Å². The van der Waals surface area contributed by atoms with Crippen LogP contribution in [0.15, 0.2) is 72.9 Å². The van der Waals surface area contributed by atoms with Crippen molar-refractivity contribution in [2.75, 3.05) is 0 Å². The maximum Gasteiger partial charge on any atom is 0.178 e. The van der Waals surface area contributed by atoms with Gasteiger partial charge in [0.25, 0.3) is 0 Å². The van der Waals surface area contributed by atoms with Gasteiger partial charge in [-0.3, -0.25) is 0 Å². The van der Waals surface area contributed by atoms with E-state index in [9.17, 15) is 5.11 Å². The first kappa shape index (κ1) is 14.5. The van der Waals surface area contributed by atoms with Gasteiger partial charge in [-0.2, -0.15) is 0 Å². The second-order valence-electron chi connectivity index (χ2n) is 5.52. The van der Waals surface area contributed by atoms with Crippen molar-refractivity contribution in [3.8, 4) is 22.8 Å². The van der Waals surface area contributed by atoms with E-state index >= 15 is 0 Å². The maximum atomic E-state index is 9.30. The average Bonchev–Trinajstić information content (AvgIpc) is 2.68. The molecule has 2 heterocycles. The van der Waals surface area contributed by atoms with Gasteiger partial charge in [0.2, 0.25) is 0 Å². The van der Waals surface area contributed by atoms with Crippen molar-refractivity contribution in [3.63, 3.8) is 0 Å². The first-order valence-corrected chi connectivity index (χ1v) is 7.73. The molecule has 0 amide bonds. The first-order chi connectivity index (χ1) is 11.8. The Morgan fingerprint density at radius 2 is 1.62 bits per heavy atom. The molecule has 4 heteroatoms. The van der Waals surface area contributed by atoms with Gasteiger partial charge in [-0.15, -0.1) is 0 Å². The lowest BCUT2D eigenvalue weighted by atomic mass is 10.1. The van der Waals surface area contributed by atoms with E-state index in [0.717, 1.165) is 33.4 Å². The number of aliphatic hydroxyl groups excluding tert-OH is 1. The maximum absolute atomic E-state index is 9.30. The fourth-order valence-electron chi connectivity index (χ4n) is 2.64. The predicted molar refractivity (Wildman–Crippen MR) is 94.1 cm³/mol. The molecule has 0 spiro atoms. The number of benzene rings is 2. The summed E-state index contributed by atoms with van der Waals surface area (Å²) < 4.78 is 0. The molecule has 4 aromatic rings. The highest BCUT2D eigenvalue weighted by molar-refractivity contribution is 5.79. The minimum Gasteiger partial charge on any atom is -0.392 e. The summed E-state index contributed by atoms with van der Waals surface area (Å²) in [5, 5.41) is 10.3. The number of hydrogen-bond acceptors (Lipinski definition) is 4. The van der Waals surface area contributed by atoms with Crippen LogP contribution in [0.4, 0.5) is 0 Å². The Hall–Kier alpha value is -3.11. The van der Waals surface area contributed by atoms with Crippen LogP contribution in [0, 0.1) is 0 Å². The largest absolute Gasteiger partial charge is 0.392 e. The fourth-order valence-corrected chi connectivity index (χ4v) is 2.64. The molecule has 0 aliphatic rings. The molecule has 4 nitrogen and oxygen atoms in total. The van der Waals surface area contributed by atoms with Crippen molar-refractivity contribution in [2.24, 2.45) is 0 Å². The van der Waals surface area contributed by atoms with Crippen LogP contribution in [0.25, 0.3) is 33.7 Å². The third-order valence-corrected chi connectivity index (χ3v) is 3.87. The van der Waals surface area contributed by atoms with Gasteiger partial charge in [0, 0.05) is 17.1 Å². The van der Waals surface area contributed by atoms with Crippen LogP contribution in [0.5, 0.6) is 0 Å². The van der Waals surface area contributed by atoms with Crippen molar-refractivity contribution in [1.29, 1.82) is 0 Å². The van der Waals surface area contributed by atoms with E-state index < -0.39 is 0 Å². The summed E-state index contributed by atoms with van der Waals surface area (Å²) in [4.78, 5) is 13.7. The molecule has 116 valence electrons. The normalized spacial score (nSPS) is 10.9. The topological polar surface area (TPSA) is 58.9 Å². The molecule has 0 bridgehead atoms. The van der Waals surface area contributed by atoms with Gasteiger partial charge in [0.15, 0.2) is 5.82 Å². The molecule has 2 aromatic carbocycles. The Labute approximate surface area is 139 Å². The predicted octanol–water partition coefficient (Wildman–Crippen LogP) is 3.85. The fraction of sp³-hybridized carbons (Fsp3) is 0.0500. The van der Waals surface area contributed by atoms with E-state index in [4.69, 9.17) is 0 Å². The number of pyridine rings is 1. The highest BCUT2D eigenvalue weighted by atomic mass is 16.3. The van der Waals surface area contributed by atoms with Crippen molar-refractivity contribution in [3.05, 3.63) is 78.5 Å². The minimum absolute atomic E-state index is 0.0152. The second kappa shape index (κ2) is 6.18. The second-order valence-corrected chi connectivity index (χ2v) is 5.52. The van der Waals surface area contributed by atoms with E-state index in [0.29, 0.717) is 5.82 Å². The molecule has 0 aliphatic heterocycles. The molecule has 24 heavy (non-hydrogen) atoms. The molecule has 2 aromatic heterocycles. The molecule has 0 fully saturated rings. The highest BCUT2D eigenvalue weighted by Gasteiger charge is 2.07. The van der Waals surface area contributed by atoms with Crippen LogP contribution in [0.1, 0.15) is 5.56 Å². The van der Waals surface area contributed by atoms with Gasteiger partial charge in [-0.05, 0) is 29.8 Å². The number of nitrogens with zero attached hydrogens (tertiary/aromatic N) is 3. The summed E-state index contributed by atoms with van der Waals surface area (Å²) in [5.41, 5.74) is 4.29. The smallest absolute Gasteiger partial charge is 0.178 e. The molecule has 0 atom stereocenters. The molecule has 0 aliphatic carbocycles. The zero-order chi connectivity index (χ0) is 16.4. The standard InChI is InChI=1S/C20H15N3O/c24-13-14-5-3-7-15(11-14)17-9-4-10-19(22-17)20-21-12-16-6-1-2-8-18(16)23-20/h1-12,24H,13H2. The molecule has 4 rings (SSSR count). The van der Waals surface area contributed by atoms with Crippen LogP contribution < -0.4 is 0 Å². The van der Waals surface area contributed by atoms with E-state index in [1.807, 2.05) is 72.9 Å². The van der Waals surface area contributed by atoms with Gasteiger partial charge in [-0.25, -0.2) is 15.0 Å². The number of rotatable bonds is 3. The first-order valence-electron chi connectivity index (χ1n) is 7.73. The SMILES string of the molecule is OCc1cccc(-c2cccc(-c3ncc4ccccc4n3)n2)c1. The summed E-state index contributed by atoms with van der Waals surface area (Å²) in [6.07, 6.45) is 1.82. The highest BCUT2D eigenvalue weighted by Crippen LogP contribution is 2.22. The summed E-state index contributed by atoms with van der Waals surface area (Å²) in [7, 11) is 0. The third kappa shape index (κ3) is 2.75. The number of aliphatic hydroxyl groups is 1. The molecule has 0 unspecified atom stereocenters. The zero-order valence-corrected chi connectivity index (χ0v) is 12.9. The van der Waals surface area contributed by atoms with Gasteiger partial charge < -0.3 is 5.11 Å². The van der Waals surface area contributed by atoms with Crippen molar-refractivity contribution in [1.82, 2.24) is 15.0 Å². The summed E-state index contributed by atoms with van der Waals surface area (Å²) >= 11 is 0. The number of fused-ring (bicyclic) bond motifs is 1. The number of hydrogen-bond donors (Lipinski definition) is 1. The van der Waals surface area contributed by atoms with Crippen LogP contribution in [-0.4, -0.2) is 20.1 Å². The minimum atomic E-state index is 0.0152. The van der Waals surface area contributed by atoms with Crippen molar-refractivity contribution in [2.45, 2.75) is 6.61 Å². The Balaban J connectivity index is 1.78. The third-order valence-electron chi connectivity index (χ3n) is 3.87. The van der Waals surface area contributed by atoms with Gasteiger partial charge >= 0.3 is 0 Å². The lowest BCUT2D eigenvalue weighted by Gasteiger charge is -2.06. The van der Waals surface area contributed by atoms with E-state index in [1.165, 1.54) is 0 Å². The Bertz CT molecular complexity index is 1010. The quantitative estimate of drug-likeness (QED) is 0.624. The summed E-state index contributed by atoms with van der Waals surface area (Å²) in [6, 6.07) is 21.4. The van der Waals surface area contributed by atoms with Crippen molar-refractivity contribution < 1.29 is 5.11 Å². The van der Waals surface area contributed by atoms with E-state index in [2.05, 4.69) is 15.0 Å². The van der Waals surface area contributed by atoms with Crippen LogP contribution in [0.2, 0.25) is 0 Å². The molecule has 0 radical (unpaired) electrons. The molecular weight excluding hydrogens is 298 g/mol. The lowest BCUT2D eigenvalue weighted by Crippen LogP contribution is -1.94. The summed E-state index contributed by atoms with van der Waals surface area (Å²) in [6.45, 7) is 0.0152. The van der Waals surface area contributed by atoms with Gasteiger partial charge in [-0.1, -0.05) is 42.5 Å². The Morgan fingerprint density at radius 1 is 0.792 bits per heavy atom. The van der Waals surface area contributed by atoms with Crippen LogP contribution >= 0.6 is 0 Å². The summed E-state index contributed by atoms with van der Waals surface area (Å²) in [5.74, 6) is 0.605. The molecule has 0 saturated heterocycles. The molecular formula is C20H15N3O. The monoisotopic (exact) mass is 313 g/mol. The molecule has 0 saturated carbocycles. The zero-order valence-electron chi connectivity index (χ0n) is 12.9. The van der Waals surface area contributed by atoms with Gasteiger partial charge in [0.1, 0.15) is 5.69 Å². The Kier molecular flexibility index (Phi) is 3.73. The van der Waals surface area contributed by atoms with E-state index in [-0.39, 0.29) is 6.61 Å². The lowest BCUT2D eigenvalue weighted by molar-refractivity contribution is 0.282. The number of aromatic nitrogens is 3. The number of para-hydroxylation sites is 1. The van der Waals surface area contributed by atoms with Crippen LogP contribution in [0.3, 0.4) is 0 Å². The van der Waals surface area contributed by atoms with Gasteiger partial charge in [0.05, 0.1) is 17.8 Å². The molecule has 1 N–H and O–H groups in total. The van der Waals surface area contributed by atoms with Crippen LogP contribution in [-0.2, 0) is 6.61 Å². The average molecular weight is 313 g/mol. The van der Waals surface area contributed by atoms with Crippen molar-refractivity contribution >= 4 is 10.9 Å². The Morgan fingerprint density at radius 3 is 2.54 bits per heavy atom.